The van der Waals surface area contributed by atoms with Crippen LogP contribution in [0.4, 0.5) is 5.82 Å². The van der Waals surface area contributed by atoms with E-state index >= 15 is 0 Å². The average Bonchev–Trinajstić information content (AvgIpc) is 3.08. The van der Waals surface area contributed by atoms with Crippen LogP contribution in [0, 0.1) is 13.8 Å². The van der Waals surface area contributed by atoms with Crippen LogP contribution in [0.2, 0.25) is 0 Å². The maximum atomic E-state index is 12.8. The monoisotopic (exact) mass is 404 g/mol. The van der Waals surface area contributed by atoms with E-state index in [9.17, 15) is 4.79 Å². The number of pyridine rings is 1. The normalized spacial score (nSPS) is 14.8. The number of nitrogens with one attached hydrogen (secondary N) is 1. The van der Waals surface area contributed by atoms with Crippen LogP contribution in [-0.2, 0) is 9.53 Å². The minimum Gasteiger partial charge on any atom is -0.377 e. The Labute approximate surface area is 175 Å². The van der Waals surface area contributed by atoms with E-state index in [4.69, 9.17) is 4.74 Å². The summed E-state index contributed by atoms with van der Waals surface area (Å²) in [6.45, 7) is 7.15. The zero-order chi connectivity index (χ0) is 21.1. The fourth-order valence-electron chi connectivity index (χ4n) is 3.67. The van der Waals surface area contributed by atoms with Crippen molar-refractivity contribution in [2.24, 2.45) is 0 Å². The molecule has 1 aliphatic rings. The van der Waals surface area contributed by atoms with Gasteiger partial charge in [-0.15, -0.1) is 0 Å². The van der Waals surface area contributed by atoms with Crippen LogP contribution in [-0.4, -0.2) is 43.9 Å². The standard InChI is InChI=1S/C22H24N6O2/c1-14-21(17-6-10-30-11-7-17)15(2)28(27-14)16(3)22(29)26-20-5-4-18(12-25-20)19-13-23-8-9-24-19/h4-6,8-9,12-13,16H,7,10-11H2,1-3H3,(H,25,26,29). The Morgan fingerprint density at radius 1 is 1.20 bits per heavy atom. The van der Waals surface area contributed by atoms with Crippen LogP contribution in [0.25, 0.3) is 16.8 Å². The number of hydrogen-bond acceptors (Lipinski definition) is 6. The molecule has 8 heteroatoms. The van der Waals surface area contributed by atoms with Gasteiger partial charge >= 0.3 is 0 Å². The van der Waals surface area contributed by atoms with E-state index in [-0.39, 0.29) is 5.91 Å². The second kappa shape index (κ2) is 8.54. The van der Waals surface area contributed by atoms with Crippen LogP contribution in [0.15, 0.2) is 43.0 Å². The molecule has 1 unspecified atom stereocenters. The number of amides is 1. The highest BCUT2D eigenvalue weighted by molar-refractivity contribution is 5.92. The minimum atomic E-state index is -0.473. The number of carbonyl (C=O) groups is 1. The molecule has 0 aromatic carbocycles. The largest absolute Gasteiger partial charge is 0.377 e. The Morgan fingerprint density at radius 2 is 2.07 bits per heavy atom. The summed E-state index contributed by atoms with van der Waals surface area (Å²) in [5.41, 5.74) is 5.82. The SMILES string of the molecule is Cc1nn(C(C)C(=O)Nc2ccc(-c3cnccn3)cn2)c(C)c1C1=CCOCC1. The molecule has 1 amide bonds. The summed E-state index contributed by atoms with van der Waals surface area (Å²) >= 11 is 0. The lowest BCUT2D eigenvalue weighted by atomic mass is 10.00. The number of aryl methyl sites for hydroxylation is 1. The Hall–Kier alpha value is -3.39. The maximum Gasteiger partial charge on any atom is 0.250 e. The van der Waals surface area contributed by atoms with Gasteiger partial charge in [0.25, 0.3) is 0 Å². The van der Waals surface area contributed by atoms with Gasteiger partial charge in [-0.3, -0.25) is 19.4 Å². The van der Waals surface area contributed by atoms with E-state index in [0.717, 1.165) is 34.6 Å². The Bertz CT molecular complexity index is 1070. The van der Waals surface area contributed by atoms with Gasteiger partial charge in [-0.25, -0.2) is 4.98 Å². The van der Waals surface area contributed by atoms with Crippen molar-refractivity contribution < 1.29 is 9.53 Å². The number of hydrogen-bond donors (Lipinski definition) is 1. The van der Waals surface area contributed by atoms with Crippen molar-refractivity contribution in [3.8, 4) is 11.3 Å². The minimum absolute atomic E-state index is 0.173. The summed E-state index contributed by atoms with van der Waals surface area (Å²) in [5, 5.41) is 7.51. The summed E-state index contributed by atoms with van der Waals surface area (Å²) in [6.07, 6.45) is 9.55. The summed E-state index contributed by atoms with van der Waals surface area (Å²) in [4.78, 5) is 25.5. The van der Waals surface area contributed by atoms with Crippen LogP contribution < -0.4 is 5.32 Å². The number of ether oxygens (including phenoxy) is 1. The van der Waals surface area contributed by atoms with Crippen LogP contribution in [0.5, 0.6) is 0 Å². The quantitative estimate of drug-likeness (QED) is 0.701. The van der Waals surface area contributed by atoms with E-state index < -0.39 is 6.04 Å². The fraction of sp³-hybridized carbons (Fsp3) is 0.318. The first-order valence-electron chi connectivity index (χ1n) is 9.90. The van der Waals surface area contributed by atoms with Crippen LogP contribution >= 0.6 is 0 Å². The lowest BCUT2D eigenvalue weighted by Crippen LogP contribution is -2.25. The molecule has 0 aliphatic carbocycles. The number of anilines is 1. The predicted molar refractivity (Wildman–Crippen MR) is 114 cm³/mol. The van der Waals surface area contributed by atoms with E-state index in [1.54, 1.807) is 35.5 Å². The molecule has 1 aliphatic heterocycles. The van der Waals surface area contributed by atoms with Crippen molar-refractivity contribution in [1.82, 2.24) is 24.7 Å². The van der Waals surface area contributed by atoms with Crippen LogP contribution in [0.3, 0.4) is 0 Å². The summed E-state index contributed by atoms with van der Waals surface area (Å²) in [5.74, 6) is 0.307. The summed E-state index contributed by atoms with van der Waals surface area (Å²) < 4.78 is 7.20. The maximum absolute atomic E-state index is 12.8. The van der Waals surface area contributed by atoms with E-state index in [2.05, 4.69) is 31.4 Å². The molecule has 1 atom stereocenters. The molecule has 0 saturated heterocycles. The van der Waals surface area contributed by atoms with Crippen LogP contribution in [0.1, 0.15) is 36.3 Å². The molecule has 4 heterocycles. The van der Waals surface area contributed by atoms with Gasteiger partial charge in [0.1, 0.15) is 11.9 Å². The second-order valence-corrected chi connectivity index (χ2v) is 7.23. The highest BCUT2D eigenvalue weighted by Gasteiger charge is 2.23. The van der Waals surface area contributed by atoms with Gasteiger partial charge in [-0.2, -0.15) is 5.10 Å². The van der Waals surface area contributed by atoms with Crippen molar-refractivity contribution in [1.29, 1.82) is 0 Å². The van der Waals surface area contributed by atoms with Crippen molar-refractivity contribution in [3.05, 3.63) is 59.9 Å². The highest BCUT2D eigenvalue weighted by Crippen LogP contribution is 2.29. The molecule has 8 nitrogen and oxygen atoms in total. The van der Waals surface area contributed by atoms with Gasteiger partial charge in [0, 0.05) is 35.4 Å². The predicted octanol–water partition coefficient (Wildman–Crippen LogP) is 3.36. The van der Waals surface area contributed by atoms with Crippen molar-refractivity contribution in [2.45, 2.75) is 33.2 Å². The number of carbonyl (C=O) groups excluding carboxylic acids is 1. The molecule has 3 aromatic rings. The number of nitrogens with zero attached hydrogens (tertiary/aromatic N) is 5. The lowest BCUT2D eigenvalue weighted by Gasteiger charge is -2.16. The van der Waals surface area contributed by atoms with E-state index in [1.165, 1.54) is 5.57 Å². The molecule has 0 saturated carbocycles. The van der Waals surface area contributed by atoms with Gasteiger partial charge in [0.15, 0.2) is 0 Å². The second-order valence-electron chi connectivity index (χ2n) is 7.23. The van der Waals surface area contributed by atoms with Crippen molar-refractivity contribution in [3.63, 3.8) is 0 Å². The van der Waals surface area contributed by atoms with E-state index in [0.29, 0.717) is 19.0 Å². The molecular weight excluding hydrogens is 380 g/mol. The van der Waals surface area contributed by atoms with Gasteiger partial charge in [-0.1, -0.05) is 6.08 Å². The van der Waals surface area contributed by atoms with Gasteiger partial charge in [0.05, 0.1) is 30.8 Å². The molecule has 154 valence electrons. The number of aromatic nitrogens is 5. The molecule has 0 bridgehead atoms. The lowest BCUT2D eigenvalue weighted by molar-refractivity contribution is -0.119. The summed E-state index contributed by atoms with van der Waals surface area (Å²) in [7, 11) is 0. The van der Waals surface area contributed by atoms with Crippen molar-refractivity contribution >= 4 is 17.3 Å². The first-order chi connectivity index (χ1) is 14.5. The first-order valence-corrected chi connectivity index (χ1v) is 9.90. The Kier molecular flexibility index (Phi) is 5.67. The fourth-order valence-corrected chi connectivity index (χ4v) is 3.67. The third-order valence-corrected chi connectivity index (χ3v) is 5.23. The average molecular weight is 404 g/mol. The molecule has 0 spiro atoms. The Balaban J connectivity index is 1.50. The smallest absolute Gasteiger partial charge is 0.250 e. The molecular formula is C22H24N6O2. The zero-order valence-corrected chi connectivity index (χ0v) is 17.3. The first kappa shape index (κ1) is 19.9. The molecule has 1 N–H and O–H groups in total. The molecule has 3 aromatic heterocycles. The third kappa shape index (κ3) is 3.99. The topological polar surface area (TPSA) is 94.8 Å². The molecule has 4 rings (SSSR count). The molecule has 0 radical (unpaired) electrons. The zero-order valence-electron chi connectivity index (χ0n) is 17.3. The Morgan fingerprint density at radius 3 is 2.73 bits per heavy atom. The molecule has 0 fully saturated rings. The number of rotatable bonds is 5. The summed E-state index contributed by atoms with van der Waals surface area (Å²) in [6, 6.07) is 3.14. The van der Waals surface area contributed by atoms with Gasteiger partial charge < -0.3 is 10.1 Å². The van der Waals surface area contributed by atoms with Gasteiger partial charge in [0.2, 0.25) is 5.91 Å². The third-order valence-electron chi connectivity index (χ3n) is 5.23. The van der Waals surface area contributed by atoms with Gasteiger partial charge in [-0.05, 0) is 44.9 Å². The van der Waals surface area contributed by atoms with E-state index in [1.807, 2.05) is 26.8 Å². The molecule has 30 heavy (non-hydrogen) atoms. The van der Waals surface area contributed by atoms with Crippen molar-refractivity contribution in [2.75, 3.05) is 18.5 Å². The highest BCUT2D eigenvalue weighted by atomic mass is 16.5.